The van der Waals surface area contributed by atoms with E-state index in [4.69, 9.17) is 18.0 Å². The molecular weight excluding hydrogens is 203 g/mol. The van der Waals surface area contributed by atoms with Gasteiger partial charge in [0.25, 0.3) is 0 Å². The number of hydrogen-bond donors (Lipinski definition) is 2. The molecule has 1 aliphatic heterocycles. The summed E-state index contributed by atoms with van der Waals surface area (Å²) in [5.74, 6) is 0. The number of nitrogens with one attached hydrogen (secondary N) is 2. The molecule has 1 aliphatic rings. The zero-order valence-electron chi connectivity index (χ0n) is 9.13. The first-order chi connectivity index (χ1) is 7.44. The summed E-state index contributed by atoms with van der Waals surface area (Å²) in [4.78, 5) is 11.4. The Balaban J connectivity index is 2.71. The number of carbonyl (C=O) groups excluding carboxylic acids is 1. The van der Waals surface area contributed by atoms with Crippen LogP contribution in [0.5, 0.6) is 0 Å². The SMILES string of the molecule is [B]c1cc(C=N)c2c(c1)C(C)(C)OC(=O)N2. The molecule has 0 aliphatic carbocycles. The number of anilines is 1. The molecule has 0 aromatic heterocycles. The van der Waals surface area contributed by atoms with Crippen molar-refractivity contribution in [3.05, 3.63) is 23.3 Å². The summed E-state index contributed by atoms with van der Waals surface area (Å²) >= 11 is 0. The van der Waals surface area contributed by atoms with Gasteiger partial charge in [-0.15, -0.1) is 0 Å². The molecule has 0 bridgehead atoms. The second kappa shape index (κ2) is 3.37. The molecule has 1 heterocycles. The number of carbonyl (C=O) groups is 1. The van der Waals surface area contributed by atoms with Crippen molar-refractivity contribution in [2.75, 3.05) is 5.32 Å². The molecule has 5 heteroatoms. The Hall–Kier alpha value is -1.78. The van der Waals surface area contributed by atoms with Crippen molar-refractivity contribution in [2.24, 2.45) is 0 Å². The molecule has 2 N–H and O–H groups in total. The van der Waals surface area contributed by atoms with Crippen LogP contribution < -0.4 is 10.8 Å². The normalized spacial score (nSPS) is 17.0. The molecule has 1 aromatic rings. The van der Waals surface area contributed by atoms with E-state index in [0.717, 1.165) is 11.8 Å². The van der Waals surface area contributed by atoms with Gasteiger partial charge in [0.2, 0.25) is 0 Å². The maximum atomic E-state index is 11.4. The number of cyclic esters (lactones) is 1. The van der Waals surface area contributed by atoms with Gasteiger partial charge < -0.3 is 10.1 Å². The van der Waals surface area contributed by atoms with Crippen LogP contribution in [-0.2, 0) is 10.3 Å². The maximum absolute atomic E-state index is 11.4. The molecule has 0 saturated carbocycles. The molecule has 0 saturated heterocycles. The van der Waals surface area contributed by atoms with Gasteiger partial charge in [0.15, 0.2) is 0 Å². The minimum atomic E-state index is -0.731. The van der Waals surface area contributed by atoms with Gasteiger partial charge in [0.05, 0.1) is 5.69 Å². The first kappa shape index (κ1) is 10.7. The lowest BCUT2D eigenvalue weighted by Gasteiger charge is -2.33. The summed E-state index contributed by atoms with van der Waals surface area (Å²) in [5, 5.41) is 9.90. The zero-order valence-corrected chi connectivity index (χ0v) is 9.13. The molecule has 4 nitrogen and oxygen atoms in total. The Morgan fingerprint density at radius 2 is 2.19 bits per heavy atom. The fourth-order valence-electron chi connectivity index (χ4n) is 1.83. The fourth-order valence-corrected chi connectivity index (χ4v) is 1.83. The summed E-state index contributed by atoms with van der Waals surface area (Å²) in [6, 6.07) is 3.40. The van der Waals surface area contributed by atoms with E-state index < -0.39 is 11.7 Å². The average molecular weight is 214 g/mol. The van der Waals surface area contributed by atoms with Crippen molar-refractivity contribution in [1.82, 2.24) is 0 Å². The topological polar surface area (TPSA) is 62.2 Å². The Morgan fingerprint density at radius 1 is 1.50 bits per heavy atom. The van der Waals surface area contributed by atoms with Gasteiger partial charge in [-0.25, -0.2) is 4.79 Å². The van der Waals surface area contributed by atoms with E-state index in [2.05, 4.69) is 5.32 Å². The summed E-state index contributed by atoms with van der Waals surface area (Å²) in [6.07, 6.45) is 0.655. The molecule has 1 aromatic carbocycles. The van der Waals surface area contributed by atoms with E-state index in [9.17, 15) is 4.79 Å². The maximum Gasteiger partial charge on any atom is 0.412 e. The van der Waals surface area contributed by atoms with E-state index in [1.54, 1.807) is 26.0 Å². The van der Waals surface area contributed by atoms with Crippen molar-refractivity contribution in [3.63, 3.8) is 0 Å². The van der Waals surface area contributed by atoms with E-state index >= 15 is 0 Å². The zero-order chi connectivity index (χ0) is 11.9. The first-order valence-corrected chi connectivity index (χ1v) is 4.88. The molecule has 0 atom stereocenters. The highest BCUT2D eigenvalue weighted by Crippen LogP contribution is 2.36. The molecule has 2 radical (unpaired) electrons. The van der Waals surface area contributed by atoms with Gasteiger partial charge in [-0.1, -0.05) is 17.6 Å². The number of hydrogen-bond acceptors (Lipinski definition) is 3. The predicted molar refractivity (Wildman–Crippen MR) is 62.8 cm³/mol. The van der Waals surface area contributed by atoms with Gasteiger partial charge in [-0.2, -0.15) is 0 Å². The average Bonchev–Trinajstić information content (AvgIpc) is 2.17. The lowest BCUT2D eigenvalue weighted by Crippen LogP contribution is -2.36. The lowest BCUT2D eigenvalue weighted by atomic mass is 9.85. The van der Waals surface area contributed by atoms with Crippen LogP contribution in [0.25, 0.3) is 0 Å². The largest absolute Gasteiger partial charge is 0.438 e. The smallest absolute Gasteiger partial charge is 0.412 e. The molecule has 1 amide bonds. The van der Waals surface area contributed by atoms with Gasteiger partial charge in [0, 0.05) is 17.3 Å². The van der Waals surface area contributed by atoms with Crippen LogP contribution in [0, 0.1) is 5.41 Å². The van der Waals surface area contributed by atoms with Crippen LogP contribution in [0.15, 0.2) is 12.1 Å². The van der Waals surface area contributed by atoms with Crippen molar-refractivity contribution in [3.8, 4) is 0 Å². The third-order valence-corrected chi connectivity index (χ3v) is 2.57. The second-order valence-electron chi connectivity index (χ2n) is 4.20. The Labute approximate surface area is 94.9 Å². The molecule has 2 rings (SSSR count). The van der Waals surface area contributed by atoms with E-state index in [0.29, 0.717) is 16.7 Å². The molecule has 0 spiro atoms. The van der Waals surface area contributed by atoms with E-state index in [1.807, 2.05) is 0 Å². The van der Waals surface area contributed by atoms with Gasteiger partial charge in [-0.05, 0) is 13.8 Å². The number of rotatable bonds is 1. The molecule has 0 unspecified atom stereocenters. The van der Waals surface area contributed by atoms with E-state index in [-0.39, 0.29) is 0 Å². The summed E-state index contributed by atoms with van der Waals surface area (Å²) in [6.45, 7) is 3.58. The van der Waals surface area contributed by atoms with Crippen LogP contribution in [0.4, 0.5) is 10.5 Å². The summed E-state index contributed by atoms with van der Waals surface area (Å²) in [7, 11) is 5.74. The second-order valence-corrected chi connectivity index (χ2v) is 4.20. The lowest BCUT2D eigenvalue weighted by molar-refractivity contribution is 0.0421. The highest BCUT2D eigenvalue weighted by atomic mass is 16.6. The Morgan fingerprint density at radius 3 is 2.81 bits per heavy atom. The number of amides is 1. The van der Waals surface area contributed by atoms with Gasteiger partial charge >= 0.3 is 6.09 Å². The quantitative estimate of drug-likeness (QED) is 0.546. The Bertz CT molecular complexity index is 483. The van der Waals surface area contributed by atoms with Crippen LogP contribution in [0.1, 0.15) is 25.0 Å². The highest BCUT2D eigenvalue weighted by molar-refractivity contribution is 6.33. The summed E-state index contributed by atoms with van der Waals surface area (Å²) in [5.41, 5.74) is 1.78. The standard InChI is InChI=1S/C11H11BN2O2/c1-11(2)8-4-7(12)3-6(5-13)9(8)14-10(15)16-11/h3-5,13H,1-2H3,(H,14,15). The molecule has 0 fully saturated rings. The monoisotopic (exact) mass is 214 g/mol. The van der Waals surface area contributed by atoms with E-state index in [1.165, 1.54) is 0 Å². The van der Waals surface area contributed by atoms with Crippen LogP contribution in [-0.4, -0.2) is 20.2 Å². The number of benzene rings is 1. The predicted octanol–water partition coefficient (Wildman–Crippen LogP) is 1.28. The van der Waals surface area contributed by atoms with Crippen molar-refractivity contribution in [1.29, 1.82) is 5.41 Å². The highest BCUT2D eigenvalue weighted by Gasteiger charge is 2.34. The van der Waals surface area contributed by atoms with Crippen molar-refractivity contribution >= 4 is 31.3 Å². The summed E-state index contributed by atoms with van der Waals surface area (Å²) < 4.78 is 5.17. The minimum Gasteiger partial charge on any atom is -0.438 e. The molecule has 16 heavy (non-hydrogen) atoms. The van der Waals surface area contributed by atoms with Gasteiger partial charge in [-0.3, -0.25) is 5.32 Å². The third-order valence-electron chi connectivity index (χ3n) is 2.57. The Kier molecular flexibility index (Phi) is 2.26. The molecular formula is C11H11BN2O2. The van der Waals surface area contributed by atoms with Crippen LogP contribution >= 0.6 is 0 Å². The number of fused-ring (bicyclic) bond motifs is 1. The fraction of sp³-hybridized carbons (Fsp3) is 0.273. The third kappa shape index (κ3) is 1.58. The minimum absolute atomic E-state index is 0.509. The number of ether oxygens (including phenoxy) is 1. The van der Waals surface area contributed by atoms with Gasteiger partial charge in [0.1, 0.15) is 13.4 Å². The van der Waals surface area contributed by atoms with Crippen LogP contribution in [0.3, 0.4) is 0 Å². The van der Waals surface area contributed by atoms with Crippen molar-refractivity contribution < 1.29 is 9.53 Å². The first-order valence-electron chi connectivity index (χ1n) is 4.88. The molecule has 80 valence electrons. The van der Waals surface area contributed by atoms with Crippen molar-refractivity contribution in [2.45, 2.75) is 19.4 Å². The van der Waals surface area contributed by atoms with Crippen LogP contribution in [0.2, 0.25) is 0 Å².